The number of benzene rings is 2. The lowest BCUT2D eigenvalue weighted by atomic mass is 10.0. The molecule has 5 amide bonds. The lowest BCUT2D eigenvalue weighted by Gasteiger charge is -2.50. The lowest BCUT2D eigenvalue weighted by molar-refractivity contribution is -0.136. The van der Waals surface area contributed by atoms with Gasteiger partial charge in [0, 0.05) is 101 Å². The number of morpholine rings is 1. The third-order valence-electron chi connectivity index (χ3n) is 12.3. The fourth-order valence-electron chi connectivity index (χ4n) is 9.55. The molecule has 4 saturated heterocycles. The number of hydrogen-bond donors (Lipinski definition) is 3. The van der Waals surface area contributed by atoms with Crippen molar-refractivity contribution in [2.75, 3.05) is 80.6 Å². The van der Waals surface area contributed by atoms with Crippen molar-refractivity contribution in [3.05, 3.63) is 59.4 Å². The van der Waals surface area contributed by atoms with E-state index in [0.717, 1.165) is 43.1 Å². The molecule has 3 N–H and O–H groups in total. The van der Waals surface area contributed by atoms with Gasteiger partial charge in [0.25, 0.3) is 5.91 Å². The molecule has 57 heavy (non-hydrogen) atoms. The number of para-hydroxylation sites is 1. The van der Waals surface area contributed by atoms with Crippen LogP contribution >= 0.6 is 0 Å². The van der Waals surface area contributed by atoms with Crippen LogP contribution in [0.2, 0.25) is 0 Å². The first kappa shape index (κ1) is 37.1. The Balaban J connectivity index is 0.799. The van der Waals surface area contributed by atoms with E-state index in [9.17, 15) is 28.7 Å². The van der Waals surface area contributed by atoms with Crippen LogP contribution in [0.3, 0.4) is 0 Å². The van der Waals surface area contributed by atoms with Crippen molar-refractivity contribution >= 4 is 40.9 Å². The summed E-state index contributed by atoms with van der Waals surface area (Å²) in [5.41, 5.74) is 3.95. The van der Waals surface area contributed by atoms with Crippen molar-refractivity contribution < 1.29 is 33.4 Å². The fourth-order valence-corrected chi connectivity index (χ4v) is 9.55. The van der Waals surface area contributed by atoms with Crippen LogP contribution in [-0.4, -0.2) is 154 Å². The Morgan fingerprint density at radius 2 is 1.79 bits per heavy atom. The van der Waals surface area contributed by atoms with Gasteiger partial charge in [0.1, 0.15) is 6.04 Å². The van der Waals surface area contributed by atoms with Gasteiger partial charge in [0.2, 0.25) is 11.8 Å². The SMILES string of the molecule is C[C@@H]1CN(C[C@H]2CN(c3ccc4c(c3)CN([C@H]3CCC(=O)NC3=O)C4=O)CCO2)C[C@H](C)N1C(=O)N1CCN2c3cc(-c4cccc(F)c4O)nnc3NC[C@@H]2C1. The Morgan fingerprint density at radius 3 is 2.60 bits per heavy atom. The summed E-state index contributed by atoms with van der Waals surface area (Å²) < 4.78 is 20.4. The summed E-state index contributed by atoms with van der Waals surface area (Å²) in [7, 11) is 0. The Morgan fingerprint density at radius 1 is 0.965 bits per heavy atom. The van der Waals surface area contributed by atoms with Gasteiger partial charge >= 0.3 is 6.03 Å². The molecule has 300 valence electrons. The number of amides is 5. The van der Waals surface area contributed by atoms with E-state index in [1.807, 2.05) is 34.1 Å². The Labute approximate surface area is 329 Å². The molecule has 17 heteroatoms. The largest absolute Gasteiger partial charge is 0.504 e. The number of carbonyl (C=O) groups is 4. The van der Waals surface area contributed by atoms with Crippen molar-refractivity contribution in [1.29, 1.82) is 0 Å². The van der Waals surface area contributed by atoms with Gasteiger partial charge in [0.15, 0.2) is 17.4 Å². The summed E-state index contributed by atoms with van der Waals surface area (Å²) in [6.07, 6.45) is 0.512. The van der Waals surface area contributed by atoms with Crippen LogP contribution in [0.5, 0.6) is 5.75 Å². The number of imide groups is 1. The van der Waals surface area contributed by atoms with Crippen molar-refractivity contribution in [2.45, 2.75) is 63.5 Å². The average Bonchev–Trinajstić information content (AvgIpc) is 3.53. The highest BCUT2D eigenvalue weighted by atomic mass is 19.1. The highest BCUT2D eigenvalue weighted by Crippen LogP contribution is 2.37. The van der Waals surface area contributed by atoms with Crippen molar-refractivity contribution in [3.8, 4) is 17.0 Å². The number of aromatic nitrogens is 2. The zero-order chi connectivity index (χ0) is 39.5. The number of ether oxygens (including phenoxy) is 1. The highest BCUT2D eigenvalue weighted by Gasteiger charge is 2.42. The third-order valence-corrected chi connectivity index (χ3v) is 12.3. The van der Waals surface area contributed by atoms with Gasteiger partial charge in [-0.2, -0.15) is 0 Å². The summed E-state index contributed by atoms with van der Waals surface area (Å²) in [6.45, 7) is 11.0. The van der Waals surface area contributed by atoms with E-state index in [1.165, 1.54) is 12.1 Å². The summed E-state index contributed by atoms with van der Waals surface area (Å²) in [6, 6.07) is 11.4. The van der Waals surface area contributed by atoms with E-state index in [1.54, 1.807) is 11.0 Å². The number of halogens is 1. The zero-order valence-corrected chi connectivity index (χ0v) is 32.1. The maximum atomic E-state index is 14.2. The molecule has 5 atom stereocenters. The third kappa shape index (κ3) is 6.85. The molecule has 0 bridgehead atoms. The molecule has 0 saturated carbocycles. The number of piperidine rings is 1. The second-order valence-electron chi connectivity index (χ2n) is 16.1. The van der Waals surface area contributed by atoms with E-state index in [0.29, 0.717) is 69.4 Å². The predicted molar refractivity (Wildman–Crippen MR) is 207 cm³/mol. The van der Waals surface area contributed by atoms with Crippen molar-refractivity contribution in [3.63, 3.8) is 0 Å². The number of anilines is 3. The van der Waals surface area contributed by atoms with E-state index in [2.05, 4.69) is 49.4 Å². The molecule has 0 spiro atoms. The van der Waals surface area contributed by atoms with Crippen LogP contribution in [-0.2, 0) is 20.9 Å². The molecule has 2 aromatic carbocycles. The Hall–Kier alpha value is -5.55. The number of aromatic hydroxyl groups is 1. The summed E-state index contributed by atoms with van der Waals surface area (Å²) in [5, 5.41) is 24.6. The lowest BCUT2D eigenvalue weighted by Crippen LogP contribution is -2.66. The first-order valence-corrected chi connectivity index (χ1v) is 19.8. The Kier molecular flexibility index (Phi) is 9.59. The smallest absolute Gasteiger partial charge is 0.320 e. The van der Waals surface area contributed by atoms with Crippen LogP contribution in [0.1, 0.15) is 42.6 Å². The average molecular weight is 783 g/mol. The topological polar surface area (TPSA) is 167 Å². The number of carbonyl (C=O) groups excluding carboxylic acids is 4. The second kappa shape index (κ2) is 14.8. The molecule has 6 aliphatic rings. The predicted octanol–water partition coefficient (Wildman–Crippen LogP) is 2.09. The molecule has 1 aromatic heterocycles. The quantitative estimate of drug-likeness (QED) is 0.323. The molecule has 6 aliphatic heterocycles. The first-order chi connectivity index (χ1) is 27.5. The highest BCUT2D eigenvalue weighted by molar-refractivity contribution is 6.05. The minimum absolute atomic E-state index is 0.00193. The van der Waals surface area contributed by atoms with Gasteiger partial charge in [-0.25, -0.2) is 9.18 Å². The van der Waals surface area contributed by atoms with Gasteiger partial charge < -0.3 is 39.7 Å². The number of fused-ring (bicyclic) bond motifs is 4. The van der Waals surface area contributed by atoms with Crippen LogP contribution < -0.4 is 20.4 Å². The zero-order valence-electron chi connectivity index (χ0n) is 32.1. The molecule has 9 rings (SSSR count). The molecule has 0 aliphatic carbocycles. The Bertz CT molecular complexity index is 2110. The van der Waals surface area contributed by atoms with Crippen LogP contribution in [0.15, 0.2) is 42.5 Å². The number of piperazine rings is 2. The van der Waals surface area contributed by atoms with Crippen LogP contribution in [0.4, 0.5) is 26.4 Å². The normalized spacial score (nSPS) is 26.5. The molecule has 4 fully saturated rings. The monoisotopic (exact) mass is 782 g/mol. The number of nitrogens with one attached hydrogen (secondary N) is 2. The molecule has 0 unspecified atom stereocenters. The van der Waals surface area contributed by atoms with Gasteiger partial charge in [0.05, 0.1) is 30.1 Å². The van der Waals surface area contributed by atoms with Crippen LogP contribution in [0, 0.1) is 5.82 Å². The van der Waals surface area contributed by atoms with Crippen molar-refractivity contribution in [1.82, 2.24) is 35.1 Å². The number of urea groups is 1. The van der Waals surface area contributed by atoms with Gasteiger partial charge in [-0.1, -0.05) is 6.07 Å². The summed E-state index contributed by atoms with van der Waals surface area (Å²) in [4.78, 5) is 64.0. The van der Waals surface area contributed by atoms with Crippen LogP contribution in [0.25, 0.3) is 11.3 Å². The van der Waals surface area contributed by atoms with E-state index in [-0.39, 0.29) is 54.1 Å². The summed E-state index contributed by atoms with van der Waals surface area (Å²) >= 11 is 0. The van der Waals surface area contributed by atoms with Gasteiger partial charge in [-0.15, -0.1) is 10.2 Å². The van der Waals surface area contributed by atoms with Gasteiger partial charge in [-0.05, 0) is 62.2 Å². The fraction of sp³-hybridized carbons (Fsp3) is 0.500. The molecular weight excluding hydrogens is 736 g/mol. The second-order valence-corrected chi connectivity index (χ2v) is 16.1. The molecule has 0 radical (unpaired) electrons. The molecule has 7 heterocycles. The van der Waals surface area contributed by atoms with E-state index < -0.39 is 23.5 Å². The number of hydrogen-bond acceptors (Lipinski definition) is 12. The van der Waals surface area contributed by atoms with Crippen molar-refractivity contribution in [2.24, 2.45) is 0 Å². The maximum absolute atomic E-state index is 14.2. The first-order valence-electron chi connectivity index (χ1n) is 19.8. The number of nitrogens with zero attached hydrogens (tertiary/aromatic N) is 8. The minimum atomic E-state index is -0.719. The number of phenols is 1. The molecule has 16 nitrogen and oxygen atoms in total. The van der Waals surface area contributed by atoms with E-state index in [4.69, 9.17) is 4.74 Å². The summed E-state index contributed by atoms with van der Waals surface area (Å²) in [5.74, 6) is -1.46. The van der Waals surface area contributed by atoms with E-state index >= 15 is 0 Å². The van der Waals surface area contributed by atoms with Gasteiger partial charge in [-0.3, -0.25) is 24.6 Å². The maximum Gasteiger partial charge on any atom is 0.320 e. The minimum Gasteiger partial charge on any atom is -0.504 e. The molecule has 3 aromatic rings. The standard InChI is InChI=1S/C40H47FN10O6/c1-23-17-46(21-28-22-47(12-13-57-28)26-6-7-29-25(14-26)19-50(39(29)55)33-8-9-35(52)43-38(33)54)18-24(2)51(23)40(56)48-10-11-49-27(20-48)16-42-37-34(49)15-32(44-45-37)30-4-3-5-31(41)36(30)53/h3-7,14-15,23-24,27-28,33,53H,8-13,16-22H2,1-2H3,(H,42,45)(H,43,52,54)/t23-,24+,27-,28+,33+/m1/s1. The number of phenolic OH excluding ortho intramolecular Hbond substituents is 1. The molecular formula is C40H47FN10O6. The number of rotatable bonds is 5.